The minimum atomic E-state index is 0. The van der Waals surface area contributed by atoms with Crippen LogP contribution < -0.4 is 21.5 Å². The van der Waals surface area contributed by atoms with E-state index in [0.717, 1.165) is 4.88 Å². The fourth-order valence-electron chi connectivity index (χ4n) is 1.06. The number of nitrogens with zero attached hydrogens (tertiary/aromatic N) is 1. The summed E-state index contributed by atoms with van der Waals surface area (Å²) in [6, 6.07) is 9.27. The molecule has 0 fully saturated rings. The molecule has 0 saturated carbocycles. The van der Waals surface area contributed by atoms with Crippen LogP contribution >= 0.6 is 11.3 Å². The van der Waals surface area contributed by atoms with Crippen molar-refractivity contribution in [2.75, 3.05) is 0 Å². The first-order valence-electron chi connectivity index (χ1n) is 3.92. The van der Waals surface area contributed by atoms with Gasteiger partial charge >= 0.3 is 5.91 Å². The Morgan fingerprint density at radius 1 is 1.14 bits per heavy atom. The number of rotatable bonds is 1. The van der Waals surface area contributed by atoms with E-state index in [0.29, 0.717) is 0 Å². The monoisotopic (exact) mass is 269 g/mol. The molecule has 0 aliphatic heterocycles. The lowest BCUT2D eigenvalue weighted by Gasteiger charge is -1.88. The van der Waals surface area contributed by atoms with Gasteiger partial charge in [0.25, 0.3) is 0 Å². The number of thiophene rings is 1. The standard InChI is InChI=1S/C10H8NOS.BrH/c12-10(9-5-4-8-13-9)11-6-2-1-3-7-11;/h1-8H;1H/q+1;/p-1. The predicted molar refractivity (Wildman–Crippen MR) is 50.7 cm³/mol. The van der Waals surface area contributed by atoms with Crippen molar-refractivity contribution in [3.05, 3.63) is 53.0 Å². The van der Waals surface area contributed by atoms with Gasteiger partial charge in [0, 0.05) is 12.1 Å². The second-order valence-electron chi connectivity index (χ2n) is 2.57. The van der Waals surface area contributed by atoms with Gasteiger partial charge in [0.05, 0.1) is 0 Å². The van der Waals surface area contributed by atoms with Crippen LogP contribution in [0.5, 0.6) is 0 Å². The van der Waals surface area contributed by atoms with Gasteiger partial charge in [-0.1, -0.05) is 12.1 Å². The van der Waals surface area contributed by atoms with E-state index in [1.165, 1.54) is 11.3 Å². The lowest BCUT2D eigenvalue weighted by molar-refractivity contribution is -0.570. The quantitative estimate of drug-likeness (QED) is 0.592. The Bertz CT molecular complexity index is 399. The molecule has 0 atom stereocenters. The smallest absolute Gasteiger partial charge is 0.434 e. The van der Waals surface area contributed by atoms with Gasteiger partial charge in [-0.05, 0) is 11.4 Å². The molecule has 2 aromatic rings. The van der Waals surface area contributed by atoms with Crippen molar-refractivity contribution in [3.8, 4) is 0 Å². The highest BCUT2D eigenvalue weighted by atomic mass is 79.9. The number of halogens is 1. The number of hydrogen-bond acceptors (Lipinski definition) is 2. The van der Waals surface area contributed by atoms with Crippen LogP contribution in [0, 0.1) is 0 Å². The first-order chi connectivity index (χ1) is 6.38. The first kappa shape index (κ1) is 11.1. The largest absolute Gasteiger partial charge is 1.00 e. The summed E-state index contributed by atoms with van der Waals surface area (Å²) in [6.45, 7) is 0. The van der Waals surface area contributed by atoms with Crippen LogP contribution in [0.4, 0.5) is 0 Å². The lowest BCUT2D eigenvalue weighted by atomic mass is 10.4. The fourth-order valence-corrected chi connectivity index (χ4v) is 1.73. The van der Waals surface area contributed by atoms with E-state index >= 15 is 0 Å². The van der Waals surface area contributed by atoms with Crippen molar-refractivity contribution in [2.45, 2.75) is 0 Å². The van der Waals surface area contributed by atoms with Crippen LogP contribution in [0.25, 0.3) is 0 Å². The topological polar surface area (TPSA) is 20.9 Å². The summed E-state index contributed by atoms with van der Waals surface area (Å²) in [5, 5.41) is 1.90. The molecule has 0 saturated heterocycles. The van der Waals surface area contributed by atoms with Crippen molar-refractivity contribution in [3.63, 3.8) is 0 Å². The molecular weight excluding hydrogens is 262 g/mol. The summed E-state index contributed by atoms with van der Waals surface area (Å²) in [7, 11) is 0. The van der Waals surface area contributed by atoms with Gasteiger partial charge < -0.3 is 17.0 Å². The minimum Gasteiger partial charge on any atom is -1.00 e. The molecule has 2 nitrogen and oxygen atoms in total. The van der Waals surface area contributed by atoms with Crippen molar-refractivity contribution < 1.29 is 26.3 Å². The highest BCUT2D eigenvalue weighted by Crippen LogP contribution is 2.07. The Morgan fingerprint density at radius 3 is 2.43 bits per heavy atom. The van der Waals surface area contributed by atoms with E-state index in [-0.39, 0.29) is 22.9 Å². The molecule has 0 N–H and O–H groups in total. The molecule has 4 heteroatoms. The SMILES string of the molecule is O=C(c1cccs1)[n+]1ccccc1.[Br-]. The highest BCUT2D eigenvalue weighted by molar-refractivity contribution is 7.11. The molecule has 0 unspecified atom stereocenters. The van der Waals surface area contributed by atoms with Crippen molar-refractivity contribution >= 4 is 17.2 Å². The zero-order valence-electron chi connectivity index (χ0n) is 7.26. The van der Waals surface area contributed by atoms with Crippen molar-refractivity contribution in [1.82, 2.24) is 0 Å². The van der Waals surface area contributed by atoms with Gasteiger partial charge in [-0.15, -0.1) is 15.9 Å². The van der Waals surface area contributed by atoms with Gasteiger partial charge in [0.2, 0.25) is 0 Å². The fraction of sp³-hybridized carbons (Fsp3) is 0. The Morgan fingerprint density at radius 2 is 1.86 bits per heavy atom. The molecule has 2 aromatic heterocycles. The molecule has 14 heavy (non-hydrogen) atoms. The van der Waals surface area contributed by atoms with Crippen LogP contribution in [-0.2, 0) is 0 Å². The molecule has 0 bridgehead atoms. The molecule has 2 rings (SSSR count). The Balaban J connectivity index is 0.000000980. The van der Waals surface area contributed by atoms with Crippen LogP contribution in [-0.4, -0.2) is 5.91 Å². The Hall–Kier alpha value is -1.00. The third kappa shape index (κ3) is 2.27. The average Bonchev–Trinajstić information content (AvgIpc) is 2.71. The molecule has 0 spiro atoms. The summed E-state index contributed by atoms with van der Waals surface area (Å²) in [5.41, 5.74) is 0. The van der Waals surface area contributed by atoms with Gasteiger partial charge in [-0.3, -0.25) is 0 Å². The molecule has 0 amide bonds. The normalized spacial score (nSPS) is 9.14. The van der Waals surface area contributed by atoms with E-state index in [1.807, 2.05) is 35.7 Å². The summed E-state index contributed by atoms with van der Waals surface area (Å²) in [4.78, 5) is 12.4. The Labute approximate surface area is 96.6 Å². The molecular formula is C10H8BrNOS. The van der Waals surface area contributed by atoms with Gasteiger partial charge in [0.15, 0.2) is 12.4 Å². The Kier molecular flexibility index (Phi) is 3.98. The first-order valence-corrected chi connectivity index (χ1v) is 4.80. The maximum absolute atomic E-state index is 11.7. The van der Waals surface area contributed by atoms with E-state index < -0.39 is 0 Å². The molecule has 0 aromatic carbocycles. The van der Waals surface area contributed by atoms with E-state index in [4.69, 9.17) is 0 Å². The molecule has 2 heterocycles. The van der Waals surface area contributed by atoms with Gasteiger partial charge in [0.1, 0.15) is 4.88 Å². The zero-order chi connectivity index (χ0) is 9.10. The lowest BCUT2D eigenvalue weighted by Crippen LogP contribution is -3.00. The zero-order valence-corrected chi connectivity index (χ0v) is 9.66. The second-order valence-corrected chi connectivity index (χ2v) is 3.51. The number of carbonyl (C=O) groups is 1. The van der Waals surface area contributed by atoms with E-state index in [9.17, 15) is 4.79 Å². The second kappa shape index (κ2) is 5.02. The average molecular weight is 270 g/mol. The van der Waals surface area contributed by atoms with E-state index in [1.54, 1.807) is 17.0 Å². The molecule has 0 aliphatic carbocycles. The van der Waals surface area contributed by atoms with Crippen LogP contribution in [0.1, 0.15) is 9.67 Å². The van der Waals surface area contributed by atoms with Crippen LogP contribution in [0.3, 0.4) is 0 Å². The summed E-state index contributed by atoms with van der Waals surface area (Å²) in [6.07, 6.45) is 3.50. The van der Waals surface area contributed by atoms with Crippen molar-refractivity contribution in [2.24, 2.45) is 0 Å². The van der Waals surface area contributed by atoms with Crippen LogP contribution in [0.15, 0.2) is 48.1 Å². The highest BCUT2D eigenvalue weighted by Gasteiger charge is 2.16. The maximum atomic E-state index is 11.7. The predicted octanol–water partition coefficient (Wildman–Crippen LogP) is -1.27. The summed E-state index contributed by atoms with van der Waals surface area (Å²) in [5.74, 6) is 0.0237. The van der Waals surface area contributed by atoms with Gasteiger partial charge in [-0.25, -0.2) is 4.79 Å². The van der Waals surface area contributed by atoms with E-state index in [2.05, 4.69) is 0 Å². The molecule has 0 radical (unpaired) electrons. The third-order valence-corrected chi connectivity index (χ3v) is 2.54. The maximum Gasteiger partial charge on any atom is 0.434 e. The number of pyridine rings is 1. The van der Waals surface area contributed by atoms with Crippen molar-refractivity contribution in [1.29, 1.82) is 0 Å². The minimum absolute atomic E-state index is 0. The van der Waals surface area contributed by atoms with Crippen LogP contribution in [0.2, 0.25) is 0 Å². The van der Waals surface area contributed by atoms with Gasteiger partial charge in [-0.2, -0.15) is 0 Å². The number of hydrogen-bond donors (Lipinski definition) is 0. The molecule has 0 aliphatic rings. The third-order valence-electron chi connectivity index (χ3n) is 1.68. The molecule has 72 valence electrons. The summed E-state index contributed by atoms with van der Waals surface area (Å²) < 4.78 is 1.58. The summed E-state index contributed by atoms with van der Waals surface area (Å²) >= 11 is 1.46. The number of carbonyl (C=O) groups excluding carboxylic acids is 1. The number of aromatic nitrogens is 1.